The van der Waals surface area contributed by atoms with Crippen LogP contribution in [0.1, 0.15) is 36.7 Å². The summed E-state index contributed by atoms with van der Waals surface area (Å²) in [4.78, 5) is 15.8. The van der Waals surface area contributed by atoms with Gasteiger partial charge in [0.25, 0.3) is 6.47 Å². The zero-order valence-electron chi connectivity index (χ0n) is 22.9. The van der Waals surface area contributed by atoms with Crippen molar-refractivity contribution in [2.75, 3.05) is 26.7 Å². The third-order valence-electron chi connectivity index (χ3n) is 6.73. The Morgan fingerprint density at radius 1 is 1.05 bits per heavy atom. The van der Waals surface area contributed by atoms with Gasteiger partial charge in [0.2, 0.25) is 0 Å². The van der Waals surface area contributed by atoms with Gasteiger partial charge in [-0.25, -0.2) is 0 Å². The maximum atomic E-state index is 10.0. The number of benzene rings is 3. The van der Waals surface area contributed by atoms with Crippen molar-refractivity contribution in [1.82, 2.24) is 15.2 Å². The number of nitrogens with zero attached hydrogens (tertiary/aromatic N) is 1. The van der Waals surface area contributed by atoms with Crippen LogP contribution >= 0.6 is 23.2 Å². The number of rotatable bonds is 9. The van der Waals surface area contributed by atoms with Gasteiger partial charge in [0.05, 0.1) is 6.04 Å². The van der Waals surface area contributed by atoms with E-state index in [0.29, 0.717) is 29.8 Å². The largest absolute Gasteiger partial charge is 0.491 e. The van der Waals surface area contributed by atoms with Crippen LogP contribution in [0.4, 0.5) is 0 Å². The number of aromatic amines is 1. The van der Waals surface area contributed by atoms with E-state index in [-0.39, 0.29) is 12.6 Å². The van der Waals surface area contributed by atoms with Gasteiger partial charge in [-0.3, -0.25) is 9.69 Å². The molecule has 0 radical (unpaired) electrons. The summed E-state index contributed by atoms with van der Waals surface area (Å²) < 4.78 is 10.3. The van der Waals surface area contributed by atoms with Gasteiger partial charge in [-0.2, -0.15) is 0 Å². The summed E-state index contributed by atoms with van der Waals surface area (Å²) in [7, 11) is 2.16. The molecule has 4 aromatic rings. The summed E-state index contributed by atoms with van der Waals surface area (Å²) in [5, 5.41) is 15.9. The lowest BCUT2D eigenvalue weighted by atomic mass is 9.93. The average molecular weight is 585 g/mol. The number of aliphatic hydroxyl groups is 1. The molecule has 0 amide bonds. The Morgan fingerprint density at radius 2 is 1.73 bits per heavy atom. The fraction of sp³-hybridized carbons (Fsp3) is 0.323. The lowest BCUT2D eigenvalue weighted by Gasteiger charge is -2.33. The Labute approximate surface area is 245 Å². The highest BCUT2D eigenvalue weighted by molar-refractivity contribution is 6.31. The van der Waals surface area contributed by atoms with Crippen LogP contribution in [-0.4, -0.2) is 60.4 Å². The molecule has 2 unspecified atom stereocenters. The highest BCUT2D eigenvalue weighted by Crippen LogP contribution is 2.38. The first-order chi connectivity index (χ1) is 19.2. The van der Waals surface area contributed by atoms with Crippen LogP contribution in [0.2, 0.25) is 10.0 Å². The van der Waals surface area contributed by atoms with E-state index in [0.717, 1.165) is 29.3 Å². The minimum absolute atomic E-state index is 0.162. The second kappa shape index (κ2) is 14.0. The highest BCUT2D eigenvalue weighted by atomic mass is 35.5. The van der Waals surface area contributed by atoms with Crippen molar-refractivity contribution in [2.45, 2.75) is 38.5 Å². The Kier molecular flexibility index (Phi) is 10.5. The molecule has 9 heteroatoms. The number of carbonyl (C=O) groups is 1. The van der Waals surface area contributed by atoms with Gasteiger partial charge in [-0.15, -0.1) is 0 Å². The maximum absolute atomic E-state index is 10.0. The number of aliphatic hydroxyl groups excluding tert-OH is 1. The van der Waals surface area contributed by atoms with Crippen molar-refractivity contribution in [2.24, 2.45) is 0 Å². The maximum Gasteiger partial charge on any atom is 0.298 e. The molecule has 1 aliphatic rings. The summed E-state index contributed by atoms with van der Waals surface area (Å²) in [6.45, 7) is 6.28. The first kappa shape index (κ1) is 29.9. The van der Waals surface area contributed by atoms with Gasteiger partial charge in [0, 0.05) is 45.8 Å². The van der Waals surface area contributed by atoms with E-state index in [4.69, 9.17) is 27.9 Å². The number of ether oxygens (including phenoxy) is 2. The predicted molar refractivity (Wildman–Crippen MR) is 161 cm³/mol. The molecule has 1 aliphatic heterocycles. The molecular weight excluding hydrogens is 549 g/mol. The Bertz CT molecular complexity index is 1390. The molecular formula is C31H35Cl2N3O4. The highest BCUT2D eigenvalue weighted by Gasteiger charge is 2.29. The average Bonchev–Trinajstić information content (AvgIpc) is 3.30. The summed E-state index contributed by atoms with van der Waals surface area (Å²) in [5.74, 6) is 1.27. The molecule has 40 heavy (non-hydrogen) atoms. The van der Waals surface area contributed by atoms with Gasteiger partial charge in [-0.05, 0) is 79.2 Å². The predicted octanol–water partition coefficient (Wildman–Crippen LogP) is 6.01. The molecule has 3 N–H and O–H groups in total. The quantitative estimate of drug-likeness (QED) is 0.209. The molecule has 3 aromatic carbocycles. The molecule has 0 saturated carbocycles. The molecule has 0 fully saturated rings. The number of halogens is 2. The minimum atomic E-state index is -0.530. The van der Waals surface area contributed by atoms with E-state index in [2.05, 4.69) is 65.1 Å². The molecule has 2 atom stereocenters. The zero-order valence-corrected chi connectivity index (χ0v) is 24.4. The van der Waals surface area contributed by atoms with Crippen LogP contribution in [0.5, 0.6) is 11.5 Å². The zero-order chi connectivity index (χ0) is 28.6. The van der Waals surface area contributed by atoms with Crippen molar-refractivity contribution < 1.29 is 19.4 Å². The smallest absolute Gasteiger partial charge is 0.298 e. The first-order valence-corrected chi connectivity index (χ1v) is 14.0. The normalized spacial score (nSPS) is 15.7. The number of hydrogen-bond donors (Lipinski definition) is 3. The van der Waals surface area contributed by atoms with Crippen molar-refractivity contribution in [3.63, 3.8) is 0 Å². The van der Waals surface area contributed by atoms with E-state index in [1.807, 2.05) is 18.2 Å². The van der Waals surface area contributed by atoms with E-state index in [9.17, 15) is 9.90 Å². The second-order valence-corrected chi connectivity index (χ2v) is 11.0. The topological polar surface area (TPSA) is 86.8 Å². The summed E-state index contributed by atoms with van der Waals surface area (Å²) in [6.07, 6.45) is 0.476. The SMILES string of the molecule is CC(C)NCC(O)COc1ccc(C2c3[nH]c4ccc(Cl)cc4c3CCN2C)cc1.O=COc1ccc(Cl)cc1. The summed E-state index contributed by atoms with van der Waals surface area (Å²) >= 11 is 11.8. The van der Waals surface area contributed by atoms with Crippen molar-refractivity contribution in [3.05, 3.63) is 93.6 Å². The number of carbonyl (C=O) groups excluding carboxylic acids is 1. The Hall–Kier alpha value is -3.07. The summed E-state index contributed by atoms with van der Waals surface area (Å²) in [5.41, 5.74) is 4.95. The molecule has 0 aliphatic carbocycles. The number of hydrogen-bond acceptors (Lipinski definition) is 6. The van der Waals surface area contributed by atoms with Gasteiger partial charge < -0.3 is 24.9 Å². The monoisotopic (exact) mass is 583 g/mol. The van der Waals surface area contributed by atoms with Gasteiger partial charge in [-0.1, -0.05) is 49.2 Å². The third kappa shape index (κ3) is 7.77. The summed E-state index contributed by atoms with van der Waals surface area (Å²) in [6, 6.07) is 21.3. The van der Waals surface area contributed by atoms with E-state index < -0.39 is 6.10 Å². The van der Waals surface area contributed by atoms with Gasteiger partial charge in [0.1, 0.15) is 24.2 Å². The molecule has 0 bridgehead atoms. The number of H-pyrrole nitrogens is 1. The van der Waals surface area contributed by atoms with E-state index in [1.165, 1.54) is 22.2 Å². The molecule has 2 heterocycles. The molecule has 212 valence electrons. The third-order valence-corrected chi connectivity index (χ3v) is 7.21. The van der Waals surface area contributed by atoms with Gasteiger partial charge in [0.15, 0.2) is 0 Å². The van der Waals surface area contributed by atoms with E-state index in [1.54, 1.807) is 24.3 Å². The van der Waals surface area contributed by atoms with Gasteiger partial charge >= 0.3 is 0 Å². The number of nitrogens with one attached hydrogen (secondary N) is 2. The minimum Gasteiger partial charge on any atom is -0.491 e. The van der Waals surface area contributed by atoms with Crippen molar-refractivity contribution >= 4 is 40.6 Å². The molecule has 0 spiro atoms. The van der Waals surface area contributed by atoms with Crippen molar-refractivity contribution in [3.8, 4) is 11.5 Å². The lowest BCUT2D eigenvalue weighted by molar-refractivity contribution is -0.120. The molecule has 5 rings (SSSR count). The fourth-order valence-electron chi connectivity index (χ4n) is 4.74. The first-order valence-electron chi connectivity index (χ1n) is 13.3. The van der Waals surface area contributed by atoms with Crippen molar-refractivity contribution in [1.29, 1.82) is 0 Å². The van der Waals surface area contributed by atoms with Crippen LogP contribution < -0.4 is 14.8 Å². The van der Waals surface area contributed by atoms with Crippen LogP contribution in [0.15, 0.2) is 66.7 Å². The van der Waals surface area contributed by atoms with Crippen LogP contribution in [0.3, 0.4) is 0 Å². The number of fused-ring (bicyclic) bond motifs is 3. The van der Waals surface area contributed by atoms with Crippen LogP contribution in [0.25, 0.3) is 10.9 Å². The van der Waals surface area contributed by atoms with E-state index >= 15 is 0 Å². The fourth-order valence-corrected chi connectivity index (χ4v) is 5.04. The Morgan fingerprint density at radius 3 is 2.40 bits per heavy atom. The number of aromatic nitrogens is 1. The Balaban J connectivity index is 0.000000312. The number of likely N-dealkylation sites (N-methyl/N-ethyl adjacent to an activating group) is 1. The molecule has 7 nitrogen and oxygen atoms in total. The molecule has 0 saturated heterocycles. The standard InChI is InChI=1S/C24H30ClN3O2.C7H5ClO2/c1-15(2)26-13-18(29)14-30-19-7-4-16(5-8-19)24-23-20(10-11-28(24)3)21-12-17(25)6-9-22(21)27-23;8-6-1-3-7(4-2-6)10-5-9/h4-9,12,15,18,24,26-27,29H,10-11,13-14H2,1-3H3;1-5H. The van der Waals surface area contributed by atoms with Crippen LogP contribution in [0, 0.1) is 0 Å². The van der Waals surface area contributed by atoms with Crippen LogP contribution in [-0.2, 0) is 11.2 Å². The second-order valence-electron chi connectivity index (χ2n) is 10.1. The lowest BCUT2D eigenvalue weighted by Crippen LogP contribution is -2.35. The molecule has 1 aromatic heterocycles.